The van der Waals surface area contributed by atoms with E-state index in [-0.39, 0.29) is 0 Å². The molecule has 0 radical (unpaired) electrons. The van der Waals surface area contributed by atoms with Crippen LogP contribution in [0.25, 0.3) is 0 Å². The molecule has 262 valence electrons. The van der Waals surface area contributed by atoms with Crippen molar-refractivity contribution in [3.63, 3.8) is 0 Å². The van der Waals surface area contributed by atoms with E-state index < -0.39 is 17.5 Å². The van der Waals surface area contributed by atoms with Gasteiger partial charge in [-0.05, 0) is 32.6 Å². The lowest BCUT2D eigenvalue weighted by atomic mass is 9.87. The largest absolute Gasteiger partial charge is 0.481 e. The molecule has 0 amide bonds. The van der Waals surface area contributed by atoms with Crippen LogP contribution in [0.3, 0.4) is 0 Å². The van der Waals surface area contributed by atoms with E-state index >= 15 is 0 Å². The van der Waals surface area contributed by atoms with Crippen LogP contribution in [0.15, 0.2) is 0 Å². The second-order valence-corrected chi connectivity index (χ2v) is 14.8. The number of hydrogen-bond donors (Lipinski definition) is 2. The summed E-state index contributed by atoms with van der Waals surface area (Å²) in [4.78, 5) is 23.1. The first-order valence-corrected chi connectivity index (χ1v) is 19.4. The van der Waals surface area contributed by atoms with Gasteiger partial charge in [-0.1, -0.05) is 161 Å². The van der Waals surface area contributed by atoms with Crippen molar-refractivity contribution in [3.05, 3.63) is 0 Å². The number of carboxylic acid groups (broad SMARTS) is 2. The van der Waals surface area contributed by atoms with Gasteiger partial charge in [0.05, 0.1) is 20.1 Å². The minimum absolute atomic E-state index is 0.311. The van der Waals surface area contributed by atoms with Crippen LogP contribution in [0, 0.1) is 0 Å². The second-order valence-electron chi connectivity index (χ2n) is 14.8. The molecule has 0 heterocycles. The van der Waals surface area contributed by atoms with Crippen molar-refractivity contribution < 1.29 is 24.3 Å². The van der Waals surface area contributed by atoms with E-state index in [1.165, 1.54) is 141 Å². The Hall–Kier alpha value is -1.10. The Balaban J connectivity index is 3.95. The number of likely N-dealkylation sites (N-methyl/N-ethyl adjacent to an activating group) is 1. The average molecular weight is 625 g/mol. The molecule has 5 heteroatoms. The molecule has 0 aromatic rings. The smallest absolute Gasteiger partial charge is 0.365 e. The Bertz CT molecular complexity index is 679. The van der Waals surface area contributed by atoms with Crippen LogP contribution >= 0.6 is 0 Å². The molecule has 0 aliphatic rings. The zero-order valence-electron chi connectivity index (χ0n) is 30.4. The fourth-order valence-corrected chi connectivity index (χ4v) is 6.78. The van der Waals surface area contributed by atoms with Crippen molar-refractivity contribution in [3.8, 4) is 0 Å². The first kappa shape index (κ1) is 42.9. The quantitative estimate of drug-likeness (QED) is 0.0551. The molecule has 0 saturated heterocycles. The van der Waals surface area contributed by atoms with Gasteiger partial charge in [-0.3, -0.25) is 4.79 Å². The van der Waals surface area contributed by atoms with Gasteiger partial charge in [0.2, 0.25) is 0 Å². The lowest BCUT2D eigenvalue weighted by Gasteiger charge is -2.48. The molecule has 0 rings (SSSR count). The van der Waals surface area contributed by atoms with Gasteiger partial charge < -0.3 is 14.7 Å². The highest BCUT2D eigenvalue weighted by atomic mass is 16.4. The maximum atomic E-state index is 12.5. The number of aliphatic carboxylic acids is 2. The summed E-state index contributed by atoms with van der Waals surface area (Å²) in [7, 11) is 4.30. The Morgan fingerprint density at radius 2 is 0.864 bits per heavy atom. The predicted molar refractivity (Wildman–Crippen MR) is 189 cm³/mol. The highest BCUT2D eigenvalue weighted by Crippen LogP contribution is 2.32. The number of quaternary nitrogens is 1. The molecule has 0 aliphatic heterocycles. The fourth-order valence-electron chi connectivity index (χ4n) is 6.78. The van der Waals surface area contributed by atoms with E-state index in [4.69, 9.17) is 5.11 Å². The summed E-state index contributed by atoms with van der Waals surface area (Å²) >= 11 is 0. The van der Waals surface area contributed by atoms with Crippen molar-refractivity contribution in [1.29, 1.82) is 0 Å². The molecule has 0 fully saturated rings. The summed E-state index contributed by atoms with van der Waals surface area (Å²) in [6, 6.07) is 0.346. The van der Waals surface area contributed by atoms with Crippen LogP contribution in [-0.4, -0.2) is 52.3 Å². The van der Waals surface area contributed by atoms with Crippen molar-refractivity contribution in [1.82, 2.24) is 0 Å². The molecule has 44 heavy (non-hydrogen) atoms. The number of carbonyl (C=O) groups is 2. The topological polar surface area (TPSA) is 74.6 Å². The molecular weight excluding hydrogens is 546 g/mol. The van der Waals surface area contributed by atoms with Crippen LogP contribution in [0.2, 0.25) is 0 Å². The van der Waals surface area contributed by atoms with Gasteiger partial charge in [-0.25, -0.2) is 4.79 Å². The number of unbranched alkanes of at least 4 members (excludes halogenated alkanes) is 25. The van der Waals surface area contributed by atoms with E-state index in [2.05, 4.69) is 27.9 Å². The van der Waals surface area contributed by atoms with Crippen LogP contribution in [-0.2, 0) is 9.59 Å². The van der Waals surface area contributed by atoms with E-state index in [1.807, 2.05) is 6.92 Å². The van der Waals surface area contributed by atoms with Gasteiger partial charge in [0, 0.05) is 19.8 Å². The molecule has 5 nitrogen and oxygen atoms in total. The van der Waals surface area contributed by atoms with Crippen LogP contribution < -0.4 is 0 Å². The third-order valence-corrected chi connectivity index (χ3v) is 10.9. The molecule has 0 spiro atoms. The maximum absolute atomic E-state index is 12.5. The van der Waals surface area contributed by atoms with Crippen molar-refractivity contribution in [2.75, 3.05) is 14.1 Å². The first-order valence-electron chi connectivity index (χ1n) is 19.4. The molecule has 0 bridgehead atoms. The van der Waals surface area contributed by atoms with Crippen molar-refractivity contribution in [2.24, 2.45) is 0 Å². The third kappa shape index (κ3) is 21.6. The summed E-state index contributed by atoms with van der Waals surface area (Å²) in [6.07, 6.45) is 36.7. The zero-order chi connectivity index (χ0) is 32.9. The van der Waals surface area contributed by atoms with E-state index in [9.17, 15) is 14.7 Å². The van der Waals surface area contributed by atoms with Crippen molar-refractivity contribution in [2.45, 2.75) is 225 Å². The van der Waals surface area contributed by atoms with Crippen molar-refractivity contribution >= 4 is 11.9 Å². The van der Waals surface area contributed by atoms with Crippen LogP contribution in [0.5, 0.6) is 0 Å². The lowest BCUT2D eigenvalue weighted by molar-refractivity contribution is -0.952. The summed E-state index contributed by atoms with van der Waals surface area (Å²) in [5.41, 5.74) is -0.733. The SMILES string of the molecule is CCCCCCCCCCCCCCCCC(C)[N+](C)(C)C(C)(CCCCCCCCCCCCCCCC(=O)O)C(=O)O. The van der Waals surface area contributed by atoms with Gasteiger partial charge in [0.25, 0.3) is 0 Å². The van der Waals surface area contributed by atoms with Crippen LogP contribution in [0.1, 0.15) is 213 Å². The molecular formula is C39H78NO4+. The standard InChI is InChI=1S/C39H77NO4/c1-6-7-8-9-10-11-12-13-15-18-21-24-27-30-33-36(2)40(4,5)39(3,38(43)44)35-32-29-26-23-20-17-14-16-19-22-25-28-31-34-37(41)42/h36H,6-35H2,1-5H3,(H-,41,42,43,44)/p+1. The summed E-state index contributed by atoms with van der Waals surface area (Å²) < 4.78 is 0.570. The first-order chi connectivity index (χ1) is 21.1. The third-order valence-electron chi connectivity index (χ3n) is 10.9. The Kier molecular flexibility index (Phi) is 27.4. The lowest BCUT2D eigenvalue weighted by Crippen LogP contribution is -2.66. The number of carboxylic acids is 2. The molecule has 0 aromatic heterocycles. The number of rotatable bonds is 34. The molecule has 0 aromatic carbocycles. The van der Waals surface area contributed by atoms with Gasteiger partial charge in [0.1, 0.15) is 0 Å². The maximum Gasteiger partial charge on any atom is 0.365 e. The van der Waals surface area contributed by atoms with Gasteiger partial charge in [0.15, 0.2) is 5.54 Å². The summed E-state index contributed by atoms with van der Waals surface area (Å²) in [5.74, 6) is -1.32. The van der Waals surface area contributed by atoms with Crippen LogP contribution in [0.4, 0.5) is 0 Å². The van der Waals surface area contributed by atoms with Gasteiger partial charge in [-0.15, -0.1) is 0 Å². The Morgan fingerprint density at radius 3 is 1.20 bits per heavy atom. The number of hydrogen-bond acceptors (Lipinski definition) is 2. The Labute approximate surface area is 274 Å². The minimum atomic E-state index is -0.733. The van der Waals surface area contributed by atoms with E-state index in [1.54, 1.807) is 0 Å². The molecule has 0 saturated carbocycles. The minimum Gasteiger partial charge on any atom is -0.481 e. The Morgan fingerprint density at radius 1 is 0.545 bits per heavy atom. The van der Waals surface area contributed by atoms with E-state index in [0.29, 0.717) is 16.9 Å². The number of nitrogens with zero attached hydrogens (tertiary/aromatic N) is 1. The van der Waals surface area contributed by atoms with E-state index in [0.717, 1.165) is 44.9 Å². The van der Waals surface area contributed by atoms with Gasteiger partial charge >= 0.3 is 11.9 Å². The second kappa shape index (κ2) is 28.1. The predicted octanol–water partition coefficient (Wildman–Crippen LogP) is 12.1. The average Bonchev–Trinajstić information content (AvgIpc) is 2.98. The summed E-state index contributed by atoms with van der Waals surface area (Å²) in [6.45, 7) is 6.54. The highest BCUT2D eigenvalue weighted by molar-refractivity contribution is 5.76. The molecule has 2 unspecified atom stereocenters. The summed E-state index contributed by atoms with van der Waals surface area (Å²) in [5, 5.41) is 19.0. The monoisotopic (exact) mass is 625 g/mol. The normalized spacial score (nSPS) is 14.0. The van der Waals surface area contributed by atoms with Gasteiger partial charge in [-0.2, -0.15) is 0 Å². The zero-order valence-corrected chi connectivity index (χ0v) is 30.4. The molecule has 2 N–H and O–H groups in total. The highest BCUT2D eigenvalue weighted by Gasteiger charge is 2.50. The fraction of sp³-hybridized carbons (Fsp3) is 0.949. The molecule has 0 aliphatic carbocycles. The molecule has 2 atom stereocenters.